The van der Waals surface area contributed by atoms with E-state index < -0.39 is 10.0 Å². The van der Waals surface area contributed by atoms with Crippen molar-refractivity contribution in [2.24, 2.45) is 0 Å². The Bertz CT molecular complexity index is 997. The van der Waals surface area contributed by atoms with E-state index in [0.29, 0.717) is 75.0 Å². The highest BCUT2D eigenvalue weighted by molar-refractivity contribution is 7.89. The van der Waals surface area contributed by atoms with E-state index in [2.05, 4.69) is 15.5 Å². The summed E-state index contributed by atoms with van der Waals surface area (Å²) in [5, 5.41) is 6.76. The average molecular weight is 451 g/mol. The number of morpholine rings is 1. The first-order valence-corrected chi connectivity index (χ1v) is 12.1. The van der Waals surface area contributed by atoms with Crippen LogP contribution in [-0.4, -0.2) is 61.6 Å². The molecule has 1 aromatic carbocycles. The number of nitrogens with one attached hydrogen (secondary N) is 1. The summed E-state index contributed by atoms with van der Waals surface area (Å²) in [6.45, 7) is 7.68. The second-order valence-corrected chi connectivity index (χ2v) is 9.66. The Balaban J connectivity index is 1.63. The number of amides is 1. The lowest BCUT2D eigenvalue weighted by molar-refractivity contribution is 0.0730. The Hall–Kier alpha value is -2.30. The summed E-state index contributed by atoms with van der Waals surface area (Å²) in [5.74, 6) is 1.11. The lowest BCUT2D eigenvalue weighted by atomic mass is 10.1. The summed E-state index contributed by atoms with van der Waals surface area (Å²) < 4.78 is 38.1. The zero-order valence-electron chi connectivity index (χ0n) is 18.3. The lowest BCUT2D eigenvalue weighted by Crippen LogP contribution is -2.41. The molecule has 0 radical (unpaired) electrons. The van der Waals surface area contributed by atoms with Gasteiger partial charge >= 0.3 is 0 Å². The minimum absolute atomic E-state index is 0.191. The standard InChI is InChI=1S/C21H30N4O5S/c1-4-16-7-8-17(14-18(16)31(27,28)25-10-12-29-13-11-25)21(26)22-9-5-6-19-23-20(15(2)3)24-30-19/h7-8,14-15H,4-6,9-13H2,1-3H3,(H,22,26). The van der Waals surface area contributed by atoms with Crippen molar-refractivity contribution < 1.29 is 22.5 Å². The number of nitrogens with zero attached hydrogens (tertiary/aromatic N) is 3. The smallest absolute Gasteiger partial charge is 0.251 e. The minimum atomic E-state index is -3.68. The molecule has 1 saturated heterocycles. The van der Waals surface area contributed by atoms with Crippen molar-refractivity contribution in [3.8, 4) is 0 Å². The molecule has 1 aliphatic rings. The maximum atomic E-state index is 13.1. The molecule has 0 unspecified atom stereocenters. The van der Waals surface area contributed by atoms with Gasteiger partial charge in [-0.15, -0.1) is 0 Å². The molecule has 3 rings (SSSR count). The van der Waals surface area contributed by atoms with E-state index in [1.165, 1.54) is 10.4 Å². The van der Waals surface area contributed by atoms with Crippen molar-refractivity contribution in [2.45, 2.75) is 50.8 Å². The van der Waals surface area contributed by atoms with Crippen LogP contribution in [-0.2, 0) is 27.6 Å². The van der Waals surface area contributed by atoms with Crippen LogP contribution in [0.3, 0.4) is 0 Å². The van der Waals surface area contributed by atoms with Gasteiger partial charge in [0.25, 0.3) is 5.91 Å². The predicted octanol–water partition coefficient (Wildman–Crippen LogP) is 2.14. The number of hydrogen-bond acceptors (Lipinski definition) is 7. The number of aryl methyl sites for hydroxylation is 2. The number of carbonyl (C=O) groups is 1. The molecule has 1 fully saturated rings. The van der Waals surface area contributed by atoms with E-state index in [4.69, 9.17) is 9.26 Å². The fourth-order valence-electron chi connectivity index (χ4n) is 3.30. The van der Waals surface area contributed by atoms with Crippen LogP contribution in [0.5, 0.6) is 0 Å². The molecular formula is C21H30N4O5S. The number of rotatable bonds is 9. The zero-order chi connectivity index (χ0) is 22.4. The van der Waals surface area contributed by atoms with Gasteiger partial charge in [-0.1, -0.05) is 32.0 Å². The molecule has 0 spiro atoms. The highest BCUT2D eigenvalue weighted by atomic mass is 32.2. The van der Waals surface area contributed by atoms with Crippen molar-refractivity contribution >= 4 is 15.9 Å². The Labute approximate surface area is 183 Å². The molecule has 9 nitrogen and oxygen atoms in total. The van der Waals surface area contributed by atoms with Crippen LogP contribution in [0, 0.1) is 0 Å². The summed E-state index contributed by atoms with van der Waals surface area (Å²) >= 11 is 0. The first-order chi connectivity index (χ1) is 14.8. The summed E-state index contributed by atoms with van der Waals surface area (Å²) in [6, 6.07) is 4.86. The maximum absolute atomic E-state index is 13.1. The van der Waals surface area contributed by atoms with Crippen LogP contribution >= 0.6 is 0 Å². The Morgan fingerprint density at radius 1 is 1.26 bits per heavy atom. The number of hydrogen-bond donors (Lipinski definition) is 1. The third-order valence-corrected chi connectivity index (χ3v) is 7.13. The van der Waals surface area contributed by atoms with Crippen molar-refractivity contribution in [2.75, 3.05) is 32.8 Å². The molecule has 0 aliphatic carbocycles. The molecule has 1 aliphatic heterocycles. The Morgan fingerprint density at radius 3 is 2.65 bits per heavy atom. The molecule has 170 valence electrons. The fraction of sp³-hybridized carbons (Fsp3) is 0.571. The van der Waals surface area contributed by atoms with Gasteiger partial charge in [0, 0.05) is 37.5 Å². The number of sulfonamides is 1. The van der Waals surface area contributed by atoms with E-state index in [0.717, 1.165) is 0 Å². The first-order valence-electron chi connectivity index (χ1n) is 10.6. The molecule has 1 amide bonds. The van der Waals surface area contributed by atoms with Crippen molar-refractivity contribution in [3.63, 3.8) is 0 Å². The second kappa shape index (κ2) is 10.3. The zero-order valence-corrected chi connectivity index (χ0v) is 19.1. The summed E-state index contributed by atoms with van der Waals surface area (Å²) in [7, 11) is -3.68. The van der Waals surface area contributed by atoms with Crippen LogP contribution in [0.15, 0.2) is 27.6 Å². The van der Waals surface area contributed by atoms with Crippen LogP contribution < -0.4 is 5.32 Å². The van der Waals surface area contributed by atoms with Gasteiger partial charge in [0.05, 0.1) is 18.1 Å². The maximum Gasteiger partial charge on any atom is 0.251 e. The summed E-state index contributed by atoms with van der Waals surface area (Å²) in [5.41, 5.74) is 1.02. The van der Waals surface area contributed by atoms with E-state index in [9.17, 15) is 13.2 Å². The number of aromatic nitrogens is 2. The molecule has 2 heterocycles. The van der Waals surface area contributed by atoms with Crippen LogP contribution in [0.25, 0.3) is 0 Å². The molecular weight excluding hydrogens is 420 g/mol. The SMILES string of the molecule is CCc1ccc(C(=O)NCCCc2nc(C(C)C)no2)cc1S(=O)(=O)N1CCOCC1. The Kier molecular flexibility index (Phi) is 7.79. The quantitative estimate of drug-likeness (QED) is 0.582. The fourth-order valence-corrected chi connectivity index (χ4v) is 5.03. The van der Waals surface area contributed by atoms with Crippen LogP contribution in [0.4, 0.5) is 0 Å². The molecule has 0 bridgehead atoms. The van der Waals surface area contributed by atoms with Crippen molar-refractivity contribution in [1.82, 2.24) is 19.8 Å². The van der Waals surface area contributed by atoms with Crippen molar-refractivity contribution in [1.29, 1.82) is 0 Å². The Morgan fingerprint density at radius 2 is 2.00 bits per heavy atom. The second-order valence-electron chi connectivity index (χ2n) is 7.75. The van der Waals surface area contributed by atoms with Crippen LogP contribution in [0.2, 0.25) is 0 Å². The molecule has 31 heavy (non-hydrogen) atoms. The summed E-state index contributed by atoms with van der Waals surface area (Å²) in [4.78, 5) is 17.1. The average Bonchev–Trinajstić information content (AvgIpc) is 3.26. The molecule has 0 atom stereocenters. The van der Waals surface area contributed by atoms with Gasteiger partial charge in [0.1, 0.15) is 0 Å². The molecule has 0 saturated carbocycles. The number of ether oxygens (including phenoxy) is 1. The van der Waals surface area contributed by atoms with Crippen LogP contribution in [0.1, 0.15) is 60.7 Å². The minimum Gasteiger partial charge on any atom is -0.379 e. The topological polar surface area (TPSA) is 115 Å². The van der Waals surface area contributed by atoms with E-state index in [1.807, 2.05) is 20.8 Å². The molecule has 1 aromatic heterocycles. The van der Waals surface area contributed by atoms with Gasteiger partial charge in [-0.3, -0.25) is 4.79 Å². The van der Waals surface area contributed by atoms with Gasteiger partial charge in [-0.2, -0.15) is 9.29 Å². The molecule has 1 N–H and O–H groups in total. The third kappa shape index (κ3) is 5.69. The molecule has 10 heteroatoms. The first kappa shape index (κ1) is 23.4. The highest BCUT2D eigenvalue weighted by Crippen LogP contribution is 2.23. The summed E-state index contributed by atoms with van der Waals surface area (Å²) in [6.07, 6.45) is 1.76. The number of benzene rings is 1. The van der Waals surface area contributed by atoms with E-state index in [1.54, 1.807) is 12.1 Å². The normalized spacial score (nSPS) is 15.4. The van der Waals surface area contributed by atoms with Crippen molar-refractivity contribution in [3.05, 3.63) is 41.0 Å². The lowest BCUT2D eigenvalue weighted by Gasteiger charge is -2.27. The monoisotopic (exact) mass is 450 g/mol. The van der Waals surface area contributed by atoms with Gasteiger partial charge in [0.15, 0.2) is 5.82 Å². The van der Waals surface area contributed by atoms with E-state index >= 15 is 0 Å². The highest BCUT2D eigenvalue weighted by Gasteiger charge is 2.29. The molecule has 2 aromatic rings. The van der Waals surface area contributed by atoms with Gasteiger partial charge in [0.2, 0.25) is 15.9 Å². The van der Waals surface area contributed by atoms with Gasteiger partial charge < -0.3 is 14.6 Å². The number of carbonyl (C=O) groups excluding carboxylic acids is 1. The predicted molar refractivity (Wildman–Crippen MR) is 114 cm³/mol. The van der Waals surface area contributed by atoms with Gasteiger partial charge in [-0.05, 0) is 30.5 Å². The third-order valence-electron chi connectivity index (χ3n) is 5.15. The largest absolute Gasteiger partial charge is 0.379 e. The van der Waals surface area contributed by atoms with E-state index in [-0.39, 0.29) is 16.7 Å². The van der Waals surface area contributed by atoms with Gasteiger partial charge in [-0.25, -0.2) is 8.42 Å².